The van der Waals surface area contributed by atoms with Gasteiger partial charge in [-0.1, -0.05) is 25.5 Å². The Balaban J connectivity index is 1.53. The zero-order valence-electron chi connectivity index (χ0n) is 20.6. The highest BCUT2D eigenvalue weighted by Crippen LogP contribution is 2.37. The van der Waals surface area contributed by atoms with Crippen LogP contribution in [-0.4, -0.2) is 35.6 Å². The number of nitrogens with one attached hydrogen (secondary N) is 2. The van der Waals surface area contributed by atoms with E-state index in [9.17, 15) is 4.79 Å². The van der Waals surface area contributed by atoms with E-state index in [1.54, 1.807) is 0 Å². The number of carbonyl (C=O) groups is 1. The molecule has 4 heterocycles. The molecule has 0 atom stereocenters. The Morgan fingerprint density at radius 1 is 0.943 bits per heavy atom. The number of allylic oxidation sites excluding steroid dienone is 2. The first kappa shape index (κ1) is 23.4. The highest BCUT2D eigenvalue weighted by molar-refractivity contribution is 6.06. The number of aromatic nitrogens is 2. The van der Waals surface area contributed by atoms with Crippen molar-refractivity contribution in [1.82, 2.24) is 15.3 Å². The van der Waals surface area contributed by atoms with Crippen LogP contribution < -0.4 is 14.8 Å². The molecular weight excluding hydrogens is 438 g/mol. The number of hydrogen-bond acceptors (Lipinski definition) is 5. The van der Waals surface area contributed by atoms with E-state index in [1.807, 2.05) is 36.4 Å². The zero-order valence-corrected chi connectivity index (χ0v) is 20.6. The van der Waals surface area contributed by atoms with Crippen LogP contribution in [0.5, 0.6) is 11.5 Å². The minimum atomic E-state index is 0.0917. The molecule has 2 N–H and O–H groups in total. The molecule has 2 aromatic heterocycles. The standard InChI is InChI=1S/C29H33N3O3/c1-3-19-7-5-13-30-14-6-8-23-22(26(33)15-19)17-25(31-23)24-11-9-20(4-2)29(32-24)21-10-12-27-28(16-21)35-18-34-27/h9-12,15-17,30-31H,3-8,13-14,18H2,1-2H3/b19-15-. The topological polar surface area (TPSA) is 76.2 Å². The van der Waals surface area contributed by atoms with E-state index in [2.05, 4.69) is 30.2 Å². The molecule has 0 amide bonds. The molecule has 2 aliphatic heterocycles. The third kappa shape index (κ3) is 5.03. The number of rotatable bonds is 4. The van der Waals surface area contributed by atoms with Crippen molar-refractivity contribution in [1.29, 1.82) is 0 Å². The number of pyridine rings is 1. The molecule has 0 spiro atoms. The van der Waals surface area contributed by atoms with Crippen molar-refractivity contribution in [3.05, 3.63) is 64.9 Å². The van der Waals surface area contributed by atoms with Crippen LogP contribution in [0.15, 0.2) is 48.0 Å². The molecule has 3 aromatic rings. The van der Waals surface area contributed by atoms with Crippen LogP contribution in [0.25, 0.3) is 22.6 Å². The number of nitrogens with zero attached hydrogens (tertiary/aromatic N) is 1. The summed E-state index contributed by atoms with van der Waals surface area (Å²) in [6.07, 6.45) is 7.45. The van der Waals surface area contributed by atoms with E-state index in [-0.39, 0.29) is 12.6 Å². The average molecular weight is 472 g/mol. The molecule has 0 fully saturated rings. The highest BCUT2D eigenvalue weighted by atomic mass is 16.7. The normalized spacial score (nSPS) is 17.8. The van der Waals surface area contributed by atoms with E-state index in [1.165, 1.54) is 5.57 Å². The van der Waals surface area contributed by atoms with Crippen molar-refractivity contribution in [3.8, 4) is 34.1 Å². The van der Waals surface area contributed by atoms with Gasteiger partial charge in [0.15, 0.2) is 17.3 Å². The first-order chi connectivity index (χ1) is 17.2. The Bertz CT molecular complexity index is 1260. The van der Waals surface area contributed by atoms with Crippen LogP contribution >= 0.6 is 0 Å². The Labute approximate surface area is 206 Å². The molecule has 0 aliphatic carbocycles. The molecule has 35 heavy (non-hydrogen) atoms. The van der Waals surface area contributed by atoms with Crippen LogP contribution in [0.4, 0.5) is 0 Å². The lowest BCUT2D eigenvalue weighted by atomic mass is 10.0. The molecule has 182 valence electrons. The highest BCUT2D eigenvalue weighted by Gasteiger charge is 2.19. The smallest absolute Gasteiger partial charge is 0.231 e. The number of aromatic amines is 1. The van der Waals surface area contributed by atoms with Gasteiger partial charge in [-0.2, -0.15) is 0 Å². The minimum Gasteiger partial charge on any atom is -0.454 e. The molecule has 5 rings (SSSR count). The SMILES string of the molecule is CC/C1=C/C(=O)c2cc(-c3ccc(CC)c(-c4ccc5c(c4)OCO5)n3)[nH]c2CCCNCCC1. The predicted molar refractivity (Wildman–Crippen MR) is 138 cm³/mol. The summed E-state index contributed by atoms with van der Waals surface area (Å²) >= 11 is 0. The number of carbonyl (C=O) groups excluding carboxylic acids is 1. The summed E-state index contributed by atoms with van der Waals surface area (Å²) < 4.78 is 11.1. The molecule has 1 aromatic carbocycles. The molecule has 0 saturated heterocycles. The Hall–Kier alpha value is -3.38. The summed E-state index contributed by atoms with van der Waals surface area (Å²) in [7, 11) is 0. The first-order valence-electron chi connectivity index (χ1n) is 12.7. The fourth-order valence-corrected chi connectivity index (χ4v) is 4.84. The molecule has 6 nitrogen and oxygen atoms in total. The van der Waals surface area contributed by atoms with Crippen molar-refractivity contribution in [3.63, 3.8) is 0 Å². The lowest BCUT2D eigenvalue weighted by Gasteiger charge is -2.10. The second kappa shape index (κ2) is 10.5. The van der Waals surface area contributed by atoms with Crippen LogP contribution in [0, 0.1) is 0 Å². The van der Waals surface area contributed by atoms with Gasteiger partial charge in [-0.3, -0.25) is 4.79 Å². The van der Waals surface area contributed by atoms with Gasteiger partial charge in [-0.25, -0.2) is 4.98 Å². The lowest BCUT2D eigenvalue weighted by molar-refractivity contribution is 0.104. The van der Waals surface area contributed by atoms with Crippen LogP contribution in [0.2, 0.25) is 0 Å². The third-order valence-electron chi connectivity index (χ3n) is 6.87. The first-order valence-corrected chi connectivity index (χ1v) is 12.7. The molecule has 0 unspecified atom stereocenters. The molecule has 0 radical (unpaired) electrons. The average Bonchev–Trinajstić information content (AvgIpc) is 3.53. The summed E-state index contributed by atoms with van der Waals surface area (Å²) in [4.78, 5) is 21.9. The fraction of sp³-hybridized carbons (Fsp3) is 0.379. The van der Waals surface area contributed by atoms with Gasteiger partial charge < -0.3 is 19.8 Å². The van der Waals surface area contributed by atoms with E-state index in [0.29, 0.717) is 0 Å². The van der Waals surface area contributed by atoms with Gasteiger partial charge in [0, 0.05) is 16.8 Å². The van der Waals surface area contributed by atoms with Gasteiger partial charge in [0.25, 0.3) is 0 Å². The number of aryl methyl sites for hydroxylation is 2. The van der Waals surface area contributed by atoms with Crippen molar-refractivity contribution in [2.75, 3.05) is 19.9 Å². The molecule has 0 bridgehead atoms. The number of ether oxygens (including phenoxy) is 2. The van der Waals surface area contributed by atoms with Gasteiger partial charge in [0.05, 0.1) is 17.1 Å². The summed E-state index contributed by atoms with van der Waals surface area (Å²) in [5, 5.41) is 3.53. The van der Waals surface area contributed by atoms with Crippen LogP contribution in [0.3, 0.4) is 0 Å². The van der Waals surface area contributed by atoms with Crippen molar-refractivity contribution in [2.45, 2.75) is 52.4 Å². The maximum atomic E-state index is 13.3. The quantitative estimate of drug-likeness (QED) is 0.498. The van der Waals surface area contributed by atoms with Crippen LogP contribution in [-0.2, 0) is 12.8 Å². The molecular formula is C29H33N3O3. The predicted octanol–water partition coefficient (Wildman–Crippen LogP) is 5.87. The maximum absolute atomic E-state index is 13.3. The number of fused-ring (bicyclic) bond motifs is 2. The summed E-state index contributed by atoms with van der Waals surface area (Å²) in [5.74, 6) is 1.60. The summed E-state index contributed by atoms with van der Waals surface area (Å²) in [6, 6.07) is 12.1. The Morgan fingerprint density at radius 3 is 2.60 bits per heavy atom. The van der Waals surface area contributed by atoms with E-state index >= 15 is 0 Å². The van der Waals surface area contributed by atoms with Gasteiger partial charge in [0.2, 0.25) is 6.79 Å². The van der Waals surface area contributed by atoms with Gasteiger partial charge in [-0.05, 0) is 93.6 Å². The van der Waals surface area contributed by atoms with Crippen molar-refractivity contribution < 1.29 is 14.3 Å². The van der Waals surface area contributed by atoms with Gasteiger partial charge in [-0.15, -0.1) is 0 Å². The fourth-order valence-electron chi connectivity index (χ4n) is 4.84. The van der Waals surface area contributed by atoms with Gasteiger partial charge >= 0.3 is 0 Å². The molecule has 6 heteroatoms. The number of H-pyrrole nitrogens is 1. The van der Waals surface area contributed by atoms with E-state index in [4.69, 9.17) is 14.5 Å². The molecule has 2 aliphatic rings. The second-order valence-electron chi connectivity index (χ2n) is 9.18. The minimum absolute atomic E-state index is 0.0917. The lowest BCUT2D eigenvalue weighted by Crippen LogP contribution is -2.18. The monoisotopic (exact) mass is 471 g/mol. The largest absolute Gasteiger partial charge is 0.454 e. The molecule has 0 saturated carbocycles. The van der Waals surface area contributed by atoms with Crippen molar-refractivity contribution in [2.24, 2.45) is 0 Å². The van der Waals surface area contributed by atoms with E-state index < -0.39 is 0 Å². The number of ketones is 1. The van der Waals surface area contributed by atoms with Gasteiger partial charge in [0.1, 0.15) is 0 Å². The Kier molecular flexibility index (Phi) is 7.00. The Morgan fingerprint density at radius 2 is 1.77 bits per heavy atom. The number of benzene rings is 1. The third-order valence-corrected chi connectivity index (χ3v) is 6.87. The second-order valence-corrected chi connectivity index (χ2v) is 9.18. The summed E-state index contributed by atoms with van der Waals surface area (Å²) in [6.45, 7) is 6.45. The maximum Gasteiger partial charge on any atom is 0.231 e. The van der Waals surface area contributed by atoms with E-state index in [0.717, 1.165) is 103 Å². The summed E-state index contributed by atoms with van der Waals surface area (Å²) in [5.41, 5.74) is 7.76. The van der Waals surface area contributed by atoms with Crippen molar-refractivity contribution >= 4 is 5.78 Å². The van der Waals surface area contributed by atoms with Crippen LogP contribution in [0.1, 0.15) is 61.1 Å². The number of hydrogen-bond donors (Lipinski definition) is 2. The zero-order chi connectivity index (χ0) is 24.2.